The monoisotopic (exact) mass is 452 g/mol. The first-order valence-corrected chi connectivity index (χ1v) is 11.1. The molecule has 1 saturated carbocycles. The maximum Gasteiger partial charge on any atom is 0.407 e. The summed E-state index contributed by atoms with van der Waals surface area (Å²) in [6, 6.07) is 16.2. The Morgan fingerprint density at radius 1 is 1.03 bits per heavy atom. The minimum absolute atomic E-state index is 0.0156. The molecule has 0 bridgehead atoms. The molecule has 8 nitrogen and oxygen atoms in total. The van der Waals surface area contributed by atoms with Crippen molar-refractivity contribution < 1.29 is 29.0 Å². The number of rotatable bonds is 10. The van der Waals surface area contributed by atoms with Gasteiger partial charge in [-0.25, -0.2) is 9.59 Å². The predicted octanol–water partition coefficient (Wildman–Crippen LogP) is 2.91. The van der Waals surface area contributed by atoms with E-state index in [1.165, 1.54) is 6.92 Å². The molecular formula is C25H28N2O6. The van der Waals surface area contributed by atoms with E-state index >= 15 is 0 Å². The van der Waals surface area contributed by atoms with Crippen LogP contribution in [0, 0.1) is 5.92 Å². The van der Waals surface area contributed by atoms with Crippen molar-refractivity contribution in [1.29, 1.82) is 0 Å². The molecule has 1 unspecified atom stereocenters. The van der Waals surface area contributed by atoms with Gasteiger partial charge in [0, 0.05) is 12.5 Å². The second-order valence-electron chi connectivity index (χ2n) is 8.63. The lowest BCUT2D eigenvalue weighted by atomic mass is 9.96. The summed E-state index contributed by atoms with van der Waals surface area (Å²) in [4.78, 5) is 35.6. The molecule has 1 atom stereocenters. The zero-order valence-electron chi connectivity index (χ0n) is 18.5. The quantitative estimate of drug-likeness (QED) is 0.478. The third kappa shape index (κ3) is 5.01. The molecule has 1 fully saturated rings. The molecule has 33 heavy (non-hydrogen) atoms. The molecule has 0 spiro atoms. The van der Waals surface area contributed by atoms with Crippen LogP contribution < -0.4 is 10.6 Å². The summed E-state index contributed by atoms with van der Waals surface area (Å²) in [5, 5.41) is 14.5. The molecule has 0 radical (unpaired) electrons. The SMILES string of the molecule is CC(NC(=O)COCCNC(=O)OCC1c2ccccc2-c2ccccc21)(C(=O)O)C1CC1. The predicted molar refractivity (Wildman–Crippen MR) is 121 cm³/mol. The lowest BCUT2D eigenvalue weighted by Crippen LogP contribution is -2.55. The number of nitrogens with one attached hydrogen (secondary N) is 2. The number of aliphatic carboxylic acids is 1. The van der Waals surface area contributed by atoms with Crippen LogP contribution in [-0.4, -0.2) is 55.0 Å². The first kappa shape index (κ1) is 22.8. The normalized spacial score (nSPS) is 16.3. The number of fused-ring (bicyclic) bond motifs is 3. The Bertz CT molecular complexity index is 1010. The fourth-order valence-electron chi connectivity index (χ4n) is 4.36. The summed E-state index contributed by atoms with van der Waals surface area (Å²) in [6.07, 6.45) is 1.01. The molecule has 0 aliphatic heterocycles. The molecule has 174 valence electrons. The van der Waals surface area contributed by atoms with Gasteiger partial charge < -0.3 is 25.2 Å². The van der Waals surface area contributed by atoms with E-state index < -0.39 is 23.5 Å². The van der Waals surface area contributed by atoms with Gasteiger partial charge in [0.05, 0.1) is 6.61 Å². The first-order chi connectivity index (χ1) is 15.9. The molecule has 2 aromatic rings. The summed E-state index contributed by atoms with van der Waals surface area (Å²) in [5.41, 5.74) is 3.34. The van der Waals surface area contributed by atoms with E-state index in [1.54, 1.807) is 0 Å². The molecule has 0 aromatic heterocycles. The number of carboxylic acid groups (broad SMARTS) is 1. The highest BCUT2D eigenvalue weighted by atomic mass is 16.5. The van der Waals surface area contributed by atoms with E-state index in [4.69, 9.17) is 9.47 Å². The Labute approximate surface area is 192 Å². The summed E-state index contributed by atoms with van der Waals surface area (Å²) >= 11 is 0. The van der Waals surface area contributed by atoms with E-state index in [0.29, 0.717) is 0 Å². The highest BCUT2D eigenvalue weighted by molar-refractivity contribution is 5.87. The van der Waals surface area contributed by atoms with E-state index in [2.05, 4.69) is 34.9 Å². The molecule has 8 heteroatoms. The summed E-state index contributed by atoms with van der Waals surface area (Å²) < 4.78 is 10.7. The maximum absolute atomic E-state index is 12.1. The average Bonchev–Trinajstić information content (AvgIpc) is 3.61. The van der Waals surface area contributed by atoms with E-state index in [0.717, 1.165) is 35.1 Å². The summed E-state index contributed by atoms with van der Waals surface area (Å²) in [7, 11) is 0. The second kappa shape index (κ2) is 9.62. The number of carbonyl (C=O) groups excluding carboxylic acids is 2. The summed E-state index contributed by atoms with van der Waals surface area (Å²) in [5.74, 6) is -1.60. The minimum Gasteiger partial charge on any atom is -0.480 e. The van der Waals surface area contributed by atoms with Crippen LogP contribution in [0.2, 0.25) is 0 Å². The van der Waals surface area contributed by atoms with Crippen LogP contribution in [0.15, 0.2) is 48.5 Å². The van der Waals surface area contributed by atoms with Crippen LogP contribution in [0.5, 0.6) is 0 Å². The highest BCUT2D eigenvalue weighted by Crippen LogP contribution is 2.44. The fraction of sp³-hybridized carbons (Fsp3) is 0.400. The largest absolute Gasteiger partial charge is 0.480 e. The smallest absolute Gasteiger partial charge is 0.407 e. The number of hydrogen-bond acceptors (Lipinski definition) is 5. The standard InChI is InChI=1S/C25H28N2O6/c1-25(23(29)30,16-10-11-16)27-22(28)15-32-13-12-26-24(31)33-14-21-19-8-4-2-6-17(19)18-7-3-5-9-20(18)21/h2-9,16,21H,10-15H2,1H3,(H,26,31)(H,27,28)(H,29,30). The van der Waals surface area contributed by atoms with Crippen LogP contribution in [0.25, 0.3) is 11.1 Å². The van der Waals surface area contributed by atoms with Gasteiger partial charge in [-0.2, -0.15) is 0 Å². The Balaban J connectivity index is 1.17. The van der Waals surface area contributed by atoms with Gasteiger partial charge in [-0.1, -0.05) is 48.5 Å². The van der Waals surface area contributed by atoms with Gasteiger partial charge in [-0.15, -0.1) is 0 Å². The van der Waals surface area contributed by atoms with Gasteiger partial charge in [0.2, 0.25) is 5.91 Å². The number of amides is 2. The van der Waals surface area contributed by atoms with Crippen LogP contribution in [-0.2, 0) is 19.1 Å². The van der Waals surface area contributed by atoms with Crippen molar-refractivity contribution in [2.45, 2.75) is 31.2 Å². The maximum atomic E-state index is 12.1. The van der Waals surface area contributed by atoms with Gasteiger partial charge in [0.1, 0.15) is 18.8 Å². The summed E-state index contributed by atoms with van der Waals surface area (Å²) in [6.45, 7) is 1.73. The van der Waals surface area contributed by atoms with Crippen LogP contribution in [0.3, 0.4) is 0 Å². The lowest BCUT2D eigenvalue weighted by Gasteiger charge is -2.26. The molecule has 2 amide bonds. The molecule has 4 rings (SSSR count). The number of benzene rings is 2. The van der Waals surface area contributed by atoms with Crippen LogP contribution in [0.1, 0.15) is 36.8 Å². The van der Waals surface area contributed by atoms with Gasteiger partial charge in [0.25, 0.3) is 0 Å². The topological polar surface area (TPSA) is 114 Å². The highest BCUT2D eigenvalue weighted by Gasteiger charge is 2.48. The van der Waals surface area contributed by atoms with E-state index in [1.807, 2.05) is 24.3 Å². The van der Waals surface area contributed by atoms with Crippen LogP contribution in [0.4, 0.5) is 4.79 Å². The van der Waals surface area contributed by atoms with Gasteiger partial charge in [-0.3, -0.25) is 4.79 Å². The third-order valence-electron chi connectivity index (χ3n) is 6.33. The van der Waals surface area contributed by atoms with E-state index in [-0.39, 0.29) is 38.2 Å². The van der Waals surface area contributed by atoms with Gasteiger partial charge in [0.15, 0.2) is 0 Å². The van der Waals surface area contributed by atoms with Gasteiger partial charge >= 0.3 is 12.1 Å². The average molecular weight is 453 g/mol. The zero-order valence-corrected chi connectivity index (χ0v) is 18.5. The van der Waals surface area contributed by atoms with Crippen LogP contribution >= 0.6 is 0 Å². The fourth-order valence-corrected chi connectivity index (χ4v) is 4.36. The van der Waals surface area contributed by atoms with Crippen molar-refractivity contribution in [2.24, 2.45) is 5.92 Å². The number of hydrogen-bond donors (Lipinski definition) is 3. The first-order valence-electron chi connectivity index (χ1n) is 11.1. The van der Waals surface area contributed by atoms with Crippen molar-refractivity contribution in [1.82, 2.24) is 10.6 Å². The van der Waals surface area contributed by atoms with Crippen molar-refractivity contribution in [2.75, 3.05) is 26.4 Å². The van der Waals surface area contributed by atoms with Crippen molar-refractivity contribution >= 4 is 18.0 Å². The molecular weight excluding hydrogens is 424 g/mol. The van der Waals surface area contributed by atoms with Crippen molar-refractivity contribution in [3.8, 4) is 11.1 Å². The number of carbonyl (C=O) groups is 3. The molecule has 0 heterocycles. The molecule has 3 N–H and O–H groups in total. The molecule has 0 saturated heterocycles. The second-order valence-corrected chi connectivity index (χ2v) is 8.63. The Morgan fingerprint density at radius 3 is 2.21 bits per heavy atom. The Morgan fingerprint density at radius 2 is 1.64 bits per heavy atom. The van der Waals surface area contributed by atoms with E-state index in [9.17, 15) is 19.5 Å². The number of alkyl carbamates (subject to hydrolysis) is 1. The molecule has 2 aromatic carbocycles. The van der Waals surface area contributed by atoms with Crippen molar-refractivity contribution in [3.63, 3.8) is 0 Å². The Hall–Kier alpha value is -3.39. The molecule has 2 aliphatic rings. The minimum atomic E-state index is -1.26. The molecule has 2 aliphatic carbocycles. The Kier molecular flexibility index (Phi) is 6.65. The van der Waals surface area contributed by atoms with Gasteiger partial charge in [-0.05, 0) is 47.9 Å². The lowest BCUT2D eigenvalue weighted by molar-refractivity contribution is -0.148. The zero-order chi connectivity index (χ0) is 23.4. The third-order valence-corrected chi connectivity index (χ3v) is 6.33. The number of carboxylic acids is 1. The number of ether oxygens (including phenoxy) is 2. The van der Waals surface area contributed by atoms with Crippen molar-refractivity contribution in [3.05, 3.63) is 59.7 Å².